The van der Waals surface area contributed by atoms with Crippen molar-refractivity contribution >= 4 is 37.3 Å². The van der Waals surface area contributed by atoms with Crippen LogP contribution in [0.2, 0.25) is 0 Å². The molecule has 0 spiro atoms. The van der Waals surface area contributed by atoms with Gasteiger partial charge in [0.2, 0.25) is 0 Å². The topological polar surface area (TPSA) is 55.4 Å². The molecule has 1 N–H and O–H groups in total. The van der Waals surface area contributed by atoms with E-state index in [2.05, 4.69) is 20.7 Å². The van der Waals surface area contributed by atoms with Gasteiger partial charge in [-0.2, -0.15) is 0 Å². The molecular weight excluding hydrogens is 381 g/mol. The maximum Gasteiger partial charge on any atom is 0.250 e. The number of nitrogens with one attached hydrogen (secondary N) is 1. The highest BCUT2D eigenvalue weighted by Gasteiger charge is 2.20. The average Bonchev–Trinajstić information content (AvgIpc) is 2.85. The summed E-state index contributed by atoms with van der Waals surface area (Å²) in [6, 6.07) is 6.97. The number of halogens is 2. The summed E-state index contributed by atoms with van der Waals surface area (Å²) in [4.78, 5) is 0. The molecule has 4 nitrogen and oxygen atoms in total. The van der Waals surface area contributed by atoms with Gasteiger partial charge < -0.3 is 4.74 Å². The van der Waals surface area contributed by atoms with Crippen molar-refractivity contribution in [1.82, 2.24) is 4.72 Å². The van der Waals surface area contributed by atoms with E-state index in [-0.39, 0.29) is 9.96 Å². The van der Waals surface area contributed by atoms with E-state index in [0.29, 0.717) is 5.56 Å². The van der Waals surface area contributed by atoms with Crippen LogP contribution in [0.25, 0.3) is 0 Å². The lowest BCUT2D eigenvalue weighted by Gasteiger charge is -2.14. The second-order valence-corrected chi connectivity index (χ2v) is 8.70. The molecular formula is C13H13BrFNO3S2. The zero-order valence-corrected chi connectivity index (χ0v) is 14.5. The van der Waals surface area contributed by atoms with Crippen LogP contribution >= 0.6 is 27.3 Å². The number of ether oxygens (including phenoxy) is 1. The molecule has 0 aliphatic carbocycles. The zero-order chi connectivity index (χ0) is 15.6. The molecule has 1 atom stereocenters. The number of benzene rings is 1. The van der Waals surface area contributed by atoms with Gasteiger partial charge in [-0.1, -0.05) is 6.07 Å². The normalized spacial score (nSPS) is 13.1. The lowest BCUT2D eigenvalue weighted by molar-refractivity contribution is 0.386. The van der Waals surface area contributed by atoms with E-state index in [4.69, 9.17) is 4.74 Å². The Labute approximate surface area is 135 Å². The third-order valence-corrected chi connectivity index (χ3v) is 6.48. The van der Waals surface area contributed by atoms with Crippen LogP contribution < -0.4 is 9.46 Å². The van der Waals surface area contributed by atoms with Crippen molar-refractivity contribution in [2.24, 2.45) is 0 Å². The summed E-state index contributed by atoms with van der Waals surface area (Å²) in [5, 5.41) is 0. The third-order valence-electron chi connectivity index (χ3n) is 2.82. The average molecular weight is 394 g/mol. The predicted octanol–water partition coefficient (Wildman–Crippen LogP) is 3.70. The third kappa shape index (κ3) is 3.82. The first-order valence-corrected chi connectivity index (χ1v) is 9.04. The van der Waals surface area contributed by atoms with E-state index in [1.807, 2.05) is 0 Å². The van der Waals surface area contributed by atoms with Crippen molar-refractivity contribution in [3.8, 4) is 5.75 Å². The van der Waals surface area contributed by atoms with Crippen molar-refractivity contribution in [1.29, 1.82) is 0 Å². The largest absolute Gasteiger partial charge is 0.494 e. The molecule has 114 valence electrons. The summed E-state index contributed by atoms with van der Waals surface area (Å²) < 4.78 is 46.3. The first-order valence-electron chi connectivity index (χ1n) is 5.94. The molecule has 0 radical (unpaired) electrons. The summed E-state index contributed by atoms with van der Waals surface area (Å²) in [5.74, 6) is -0.407. The van der Waals surface area contributed by atoms with Gasteiger partial charge in [0.25, 0.3) is 10.0 Å². The Balaban J connectivity index is 2.21. The van der Waals surface area contributed by atoms with E-state index >= 15 is 0 Å². The number of methoxy groups -OCH3 is 1. The zero-order valence-electron chi connectivity index (χ0n) is 11.3. The first-order chi connectivity index (χ1) is 9.83. The minimum Gasteiger partial charge on any atom is -0.494 e. The van der Waals surface area contributed by atoms with Gasteiger partial charge in [-0.05, 0) is 52.7 Å². The highest BCUT2D eigenvalue weighted by atomic mass is 79.9. The number of sulfonamides is 1. The van der Waals surface area contributed by atoms with Crippen LogP contribution in [0.5, 0.6) is 5.75 Å². The van der Waals surface area contributed by atoms with Crippen molar-refractivity contribution in [3.05, 3.63) is 45.5 Å². The Hall–Kier alpha value is -0.960. The second-order valence-electron chi connectivity index (χ2n) is 4.30. The van der Waals surface area contributed by atoms with Crippen LogP contribution in [0.15, 0.2) is 38.3 Å². The Morgan fingerprint density at radius 2 is 2.05 bits per heavy atom. The summed E-state index contributed by atoms with van der Waals surface area (Å²) in [6.45, 7) is 1.65. The smallest absolute Gasteiger partial charge is 0.250 e. The van der Waals surface area contributed by atoms with E-state index in [1.165, 1.54) is 25.3 Å². The minimum atomic E-state index is -3.63. The van der Waals surface area contributed by atoms with Gasteiger partial charge in [0, 0.05) is 6.04 Å². The quantitative estimate of drug-likeness (QED) is 0.842. The number of hydrogen-bond acceptors (Lipinski definition) is 4. The van der Waals surface area contributed by atoms with Crippen molar-refractivity contribution in [2.45, 2.75) is 17.2 Å². The molecule has 0 saturated carbocycles. The molecule has 0 fully saturated rings. The molecule has 2 rings (SSSR count). The van der Waals surface area contributed by atoms with Crippen LogP contribution in [-0.4, -0.2) is 15.5 Å². The van der Waals surface area contributed by atoms with Crippen molar-refractivity contribution < 1.29 is 17.5 Å². The molecule has 1 aromatic heterocycles. The lowest BCUT2D eigenvalue weighted by atomic mass is 10.1. The van der Waals surface area contributed by atoms with Gasteiger partial charge in [0.15, 0.2) is 11.6 Å². The molecule has 0 aliphatic heterocycles. The Kier molecular flexibility index (Phi) is 5.03. The van der Waals surface area contributed by atoms with Gasteiger partial charge in [0.1, 0.15) is 4.21 Å². The Morgan fingerprint density at radius 1 is 1.33 bits per heavy atom. The van der Waals surface area contributed by atoms with Crippen LogP contribution in [0.1, 0.15) is 18.5 Å². The van der Waals surface area contributed by atoms with Gasteiger partial charge >= 0.3 is 0 Å². The Bertz CT molecular complexity index is 746. The van der Waals surface area contributed by atoms with Crippen LogP contribution in [0.4, 0.5) is 4.39 Å². The van der Waals surface area contributed by atoms with Gasteiger partial charge in [-0.3, -0.25) is 0 Å². The van der Waals surface area contributed by atoms with Crippen molar-refractivity contribution in [3.63, 3.8) is 0 Å². The fraction of sp³-hybridized carbons (Fsp3) is 0.231. The molecule has 2 aromatic rings. The molecule has 0 bridgehead atoms. The molecule has 1 heterocycles. The molecule has 0 amide bonds. The maximum absolute atomic E-state index is 13.7. The SMILES string of the molecule is COc1ccc(C(C)NS(=O)(=O)c2ccc(Br)s2)cc1F. The minimum absolute atomic E-state index is 0.121. The first kappa shape index (κ1) is 16.4. The molecule has 1 aromatic carbocycles. The predicted molar refractivity (Wildman–Crippen MR) is 83.7 cm³/mol. The second kappa shape index (κ2) is 6.43. The number of rotatable bonds is 5. The summed E-state index contributed by atoms with van der Waals surface area (Å²) in [5.41, 5.74) is 0.521. The number of thiophene rings is 1. The summed E-state index contributed by atoms with van der Waals surface area (Å²) in [6.07, 6.45) is 0. The molecule has 0 saturated heterocycles. The van der Waals surface area contributed by atoms with E-state index < -0.39 is 21.9 Å². The fourth-order valence-corrected chi connectivity index (χ4v) is 5.01. The highest BCUT2D eigenvalue weighted by Crippen LogP contribution is 2.28. The molecule has 21 heavy (non-hydrogen) atoms. The van der Waals surface area contributed by atoms with Crippen LogP contribution in [0.3, 0.4) is 0 Å². The summed E-state index contributed by atoms with van der Waals surface area (Å²) >= 11 is 4.34. The van der Waals surface area contributed by atoms with Crippen LogP contribution in [0, 0.1) is 5.82 Å². The van der Waals surface area contributed by atoms with Crippen molar-refractivity contribution in [2.75, 3.05) is 7.11 Å². The fourth-order valence-electron chi connectivity index (χ4n) is 1.75. The molecule has 1 unspecified atom stereocenters. The van der Waals surface area contributed by atoms with E-state index in [0.717, 1.165) is 15.1 Å². The van der Waals surface area contributed by atoms with Gasteiger partial charge in [-0.25, -0.2) is 17.5 Å². The van der Waals surface area contributed by atoms with Gasteiger partial charge in [-0.15, -0.1) is 11.3 Å². The highest BCUT2D eigenvalue weighted by molar-refractivity contribution is 9.11. The Morgan fingerprint density at radius 3 is 2.57 bits per heavy atom. The molecule has 0 aliphatic rings. The number of hydrogen-bond donors (Lipinski definition) is 1. The molecule has 8 heteroatoms. The van der Waals surface area contributed by atoms with Gasteiger partial charge in [0.05, 0.1) is 10.9 Å². The standard InChI is InChI=1S/C13H13BrFNO3S2/c1-8(9-3-4-11(19-2)10(15)7-9)16-21(17,18)13-6-5-12(14)20-13/h3-8,16H,1-2H3. The van der Waals surface area contributed by atoms with Crippen LogP contribution in [-0.2, 0) is 10.0 Å². The van der Waals surface area contributed by atoms with E-state index in [9.17, 15) is 12.8 Å². The summed E-state index contributed by atoms with van der Waals surface area (Å²) in [7, 11) is -2.26. The maximum atomic E-state index is 13.7. The monoisotopic (exact) mass is 393 g/mol. The lowest BCUT2D eigenvalue weighted by Crippen LogP contribution is -2.26. The van der Waals surface area contributed by atoms with E-state index in [1.54, 1.807) is 19.1 Å².